The molecule has 0 aromatic heterocycles. The lowest BCUT2D eigenvalue weighted by molar-refractivity contribution is 0.0693. The number of carboxylic acid groups (broad SMARTS) is 1. The van der Waals surface area contributed by atoms with Crippen molar-refractivity contribution in [3.05, 3.63) is 29.3 Å². The highest BCUT2D eigenvalue weighted by molar-refractivity contribution is 5.91. The highest BCUT2D eigenvalue weighted by Gasteiger charge is 2.10. The third kappa shape index (κ3) is 3.01. The zero-order chi connectivity index (χ0) is 12.0. The van der Waals surface area contributed by atoms with Crippen LogP contribution in [-0.4, -0.2) is 31.8 Å². The lowest BCUT2D eigenvalue weighted by atomic mass is 10.1. The van der Waals surface area contributed by atoms with Crippen LogP contribution in [0.4, 0.5) is 0 Å². The van der Waals surface area contributed by atoms with Crippen LogP contribution in [0, 0.1) is 11.8 Å². The van der Waals surface area contributed by atoms with Crippen LogP contribution in [0.3, 0.4) is 0 Å². The van der Waals surface area contributed by atoms with Gasteiger partial charge in [-0.2, -0.15) is 0 Å². The van der Waals surface area contributed by atoms with Crippen LogP contribution in [0.2, 0.25) is 0 Å². The molecule has 4 nitrogen and oxygen atoms in total. The quantitative estimate of drug-likeness (QED) is 0.743. The topological polar surface area (TPSA) is 58.6 Å². The highest BCUT2D eigenvalue weighted by Crippen LogP contribution is 2.19. The molecule has 0 spiro atoms. The van der Waals surface area contributed by atoms with Crippen LogP contribution in [0.1, 0.15) is 15.9 Å². The van der Waals surface area contributed by atoms with E-state index in [-0.39, 0.29) is 5.56 Å². The van der Waals surface area contributed by atoms with Gasteiger partial charge in [0.2, 0.25) is 0 Å². The molecule has 1 aromatic rings. The second-order valence-electron chi connectivity index (χ2n) is 3.05. The summed E-state index contributed by atoms with van der Waals surface area (Å²) in [5.74, 6) is 5.04. The molecule has 0 aliphatic carbocycles. The largest absolute Gasteiger partial charge is 0.496 e. The van der Waals surface area contributed by atoms with Crippen LogP contribution in [0.25, 0.3) is 0 Å². The summed E-state index contributed by atoms with van der Waals surface area (Å²) in [5.41, 5.74) is 0.784. The van der Waals surface area contributed by atoms with E-state index in [1.54, 1.807) is 19.2 Å². The molecule has 1 rings (SSSR count). The fourth-order valence-corrected chi connectivity index (χ4v) is 1.19. The molecule has 2 N–H and O–H groups in total. The van der Waals surface area contributed by atoms with Crippen molar-refractivity contribution < 1.29 is 14.6 Å². The number of ether oxygens (including phenoxy) is 1. The Hall–Kier alpha value is -1.99. The summed E-state index contributed by atoms with van der Waals surface area (Å²) in [5, 5.41) is 11.8. The fraction of sp³-hybridized carbons (Fsp3) is 0.250. The maximum atomic E-state index is 10.9. The number of nitrogens with one attached hydrogen (secondary N) is 1. The monoisotopic (exact) mass is 219 g/mol. The van der Waals surface area contributed by atoms with Gasteiger partial charge in [-0.3, -0.25) is 0 Å². The Morgan fingerprint density at radius 3 is 2.88 bits per heavy atom. The Bertz CT molecular complexity index is 443. The molecule has 0 aliphatic heterocycles. The van der Waals surface area contributed by atoms with Crippen molar-refractivity contribution in [2.75, 3.05) is 20.7 Å². The predicted octanol–water partition coefficient (Wildman–Crippen LogP) is 0.964. The molecule has 0 saturated heterocycles. The van der Waals surface area contributed by atoms with E-state index in [1.807, 2.05) is 0 Å². The van der Waals surface area contributed by atoms with Crippen LogP contribution in [-0.2, 0) is 0 Å². The number of aromatic carboxylic acids is 1. The summed E-state index contributed by atoms with van der Waals surface area (Å²) in [4.78, 5) is 10.9. The standard InChI is InChI=1S/C12H13NO3/c1-13-7-3-4-9-5-6-11(16-2)10(8-9)12(14)15/h5-6,8,13H,7H2,1-2H3,(H,14,15). The molecule has 0 saturated carbocycles. The normalized spacial score (nSPS) is 9.12. The minimum atomic E-state index is -1.02. The van der Waals surface area contributed by atoms with E-state index in [4.69, 9.17) is 9.84 Å². The molecule has 0 radical (unpaired) electrons. The van der Waals surface area contributed by atoms with Crippen molar-refractivity contribution >= 4 is 5.97 Å². The van der Waals surface area contributed by atoms with Crippen molar-refractivity contribution in [2.24, 2.45) is 0 Å². The number of carbonyl (C=O) groups is 1. The van der Waals surface area contributed by atoms with E-state index in [2.05, 4.69) is 17.2 Å². The van der Waals surface area contributed by atoms with E-state index in [0.29, 0.717) is 17.9 Å². The number of hydrogen-bond donors (Lipinski definition) is 2. The van der Waals surface area contributed by atoms with E-state index in [0.717, 1.165) is 0 Å². The molecule has 0 unspecified atom stereocenters. The molecule has 0 atom stereocenters. The van der Waals surface area contributed by atoms with E-state index in [9.17, 15) is 4.79 Å². The van der Waals surface area contributed by atoms with Gasteiger partial charge >= 0.3 is 5.97 Å². The lowest BCUT2D eigenvalue weighted by Crippen LogP contribution is -2.04. The Morgan fingerprint density at radius 2 is 2.31 bits per heavy atom. The van der Waals surface area contributed by atoms with E-state index >= 15 is 0 Å². The second kappa shape index (κ2) is 5.79. The van der Waals surface area contributed by atoms with Crippen molar-refractivity contribution in [3.63, 3.8) is 0 Å². The number of rotatable bonds is 3. The maximum absolute atomic E-state index is 10.9. The van der Waals surface area contributed by atoms with Gasteiger partial charge in [0.1, 0.15) is 11.3 Å². The van der Waals surface area contributed by atoms with Gasteiger partial charge in [-0.15, -0.1) is 0 Å². The molecule has 1 aromatic carbocycles. The van der Waals surface area contributed by atoms with E-state index < -0.39 is 5.97 Å². The smallest absolute Gasteiger partial charge is 0.339 e. The SMILES string of the molecule is CNCC#Cc1ccc(OC)c(C(=O)O)c1. The third-order valence-corrected chi connectivity index (χ3v) is 1.93. The lowest BCUT2D eigenvalue weighted by Gasteiger charge is -2.04. The minimum Gasteiger partial charge on any atom is -0.496 e. The predicted molar refractivity (Wildman–Crippen MR) is 60.8 cm³/mol. The molecule has 4 heteroatoms. The summed E-state index contributed by atoms with van der Waals surface area (Å²) in [6.45, 7) is 0.564. The van der Waals surface area contributed by atoms with Gasteiger partial charge in [0, 0.05) is 5.56 Å². The number of hydrogen-bond acceptors (Lipinski definition) is 3. The minimum absolute atomic E-state index is 0.124. The summed E-state index contributed by atoms with van der Waals surface area (Å²) in [6, 6.07) is 4.84. The van der Waals surface area contributed by atoms with Crippen LogP contribution in [0.15, 0.2) is 18.2 Å². The van der Waals surface area contributed by atoms with Gasteiger partial charge in [-0.1, -0.05) is 11.8 Å². The van der Waals surface area contributed by atoms with Crippen molar-refractivity contribution in [3.8, 4) is 17.6 Å². The second-order valence-corrected chi connectivity index (χ2v) is 3.05. The summed E-state index contributed by atoms with van der Waals surface area (Å²) < 4.78 is 4.95. The first-order valence-electron chi connectivity index (χ1n) is 4.74. The Balaban J connectivity index is 3.04. The average molecular weight is 219 g/mol. The van der Waals surface area contributed by atoms with Gasteiger partial charge in [-0.05, 0) is 25.2 Å². The maximum Gasteiger partial charge on any atom is 0.339 e. The molecule has 0 bridgehead atoms. The molecule has 16 heavy (non-hydrogen) atoms. The van der Waals surface area contributed by atoms with Crippen molar-refractivity contribution in [1.82, 2.24) is 5.32 Å². The Labute approximate surface area is 94.2 Å². The van der Waals surface area contributed by atoms with Crippen molar-refractivity contribution in [2.45, 2.75) is 0 Å². The molecule has 0 heterocycles. The summed E-state index contributed by atoms with van der Waals surface area (Å²) in [6.07, 6.45) is 0. The van der Waals surface area contributed by atoms with Crippen LogP contribution < -0.4 is 10.1 Å². The van der Waals surface area contributed by atoms with Gasteiger partial charge in [0.15, 0.2) is 0 Å². The Morgan fingerprint density at radius 1 is 1.56 bits per heavy atom. The van der Waals surface area contributed by atoms with Crippen LogP contribution >= 0.6 is 0 Å². The molecular weight excluding hydrogens is 206 g/mol. The molecule has 0 aliphatic rings. The average Bonchev–Trinajstić information content (AvgIpc) is 2.29. The first-order valence-corrected chi connectivity index (χ1v) is 4.74. The Kier molecular flexibility index (Phi) is 4.37. The first-order chi connectivity index (χ1) is 7.69. The molecule has 84 valence electrons. The zero-order valence-corrected chi connectivity index (χ0v) is 9.20. The van der Waals surface area contributed by atoms with Crippen molar-refractivity contribution in [1.29, 1.82) is 0 Å². The summed E-state index contributed by atoms with van der Waals surface area (Å²) in [7, 11) is 3.24. The summed E-state index contributed by atoms with van der Waals surface area (Å²) >= 11 is 0. The fourth-order valence-electron chi connectivity index (χ4n) is 1.19. The number of carboxylic acids is 1. The van der Waals surface area contributed by atoms with Gasteiger partial charge in [0.25, 0.3) is 0 Å². The highest BCUT2D eigenvalue weighted by atomic mass is 16.5. The molecule has 0 fully saturated rings. The van der Waals surface area contributed by atoms with Gasteiger partial charge < -0.3 is 15.2 Å². The van der Waals surface area contributed by atoms with Gasteiger partial charge in [0.05, 0.1) is 13.7 Å². The molecular formula is C12H13NO3. The third-order valence-electron chi connectivity index (χ3n) is 1.93. The van der Waals surface area contributed by atoms with Gasteiger partial charge in [-0.25, -0.2) is 4.79 Å². The molecule has 0 amide bonds. The zero-order valence-electron chi connectivity index (χ0n) is 9.20. The first kappa shape index (κ1) is 12.1. The van der Waals surface area contributed by atoms with Crippen LogP contribution in [0.5, 0.6) is 5.75 Å². The van der Waals surface area contributed by atoms with E-state index in [1.165, 1.54) is 13.2 Å². The number of methoxy groups -OCH3 is 1. The number of benzene rings is 1.